The Morgan fingerprint density at radius 3 is 2.47 bits per heavy atom. The monoisotopic (exact) mass is 501 g/mol. The molecule has 0 saturated heterocycles. The molecule has 0 aliphatic rings. The van der Waals surface area contributed by atoms with E-state index in [1.54, 1.807) is 0 Å². The van der Waals surface area contributed by atoms with Crippen LogP contribution in [0.5, 0.6) is 0 Å². The van der Waals surface area contributed by atoms with Crippen LogP contribution in [0.15, 0.2) is 41.3 Å². The van der Waals surface area contributed by atoms with Crippen molar-refractivity contribution in [1.29, 1.82) is 0 Å². The standard InChI is InChI=1S/C21H22ClF2N3O3S2/c1-26(2)9-3-10-27(21-25-20-17(24)12-15(23)13-18(20)31-21)19(28)8-11-32(29,30)16-6-4-14(22)5-7-16/h4-7,12-13H,3,8-11H2,1-2H3. The second-order valence-corrected chi connectivity index (χ2v) is 11.0. The topological polar surface area (TPSA) is 70.6 Å². The van der Waals surface area contributed by atoms with E-state index in [2.05, 4.69) is 4.98 Å². The number of amides is 1. The third-order valence-electron chi connectivity index (χ3n) is 4.68. The molecule has 172 valence electrons. The molecule has 0 spiro atoms. The van der Waals surface area contributed by atoms with Gasteiger partial charge in [-0.3, -0.25) is 9.69 Å². The van der Waals surface area contributed by atoms with E-state index in [0.717, 1.165) is 23.5 Å². The molecule has 3 aromatic rings. The van der Waals surface area contributed by atoms with Crippen LogP contribution < -0.4 is 4.90 Å². The first-order chi connectivity index (χ1) is 15.1. The Morgan fingerprint density at radius 2 is 1.81 bits per heavy atom. The molecule has 0 atom stereocenters. The minimum Gasteiger partial charge on any atom is -0.309 e. The third kappa shape index (κ3) is 6.00. The van der Waals surface area contributed by atoms with E-state index in [1.165, 1.54) is 29.2 Å². The lowest BCUT2D eigenvalue weighted by atomic mass is 10.3. The largest absolute Gasteiger partial charge is 0.309 e. The number of hydrogen-bond acceptors (Lipinski definition) is 6. The zero-order valence-electron chi connectivity index (χ0n) is 17.5. The van der Waals surface area contributed by atoms with E-state index in [-0.39, 0.29) is 33.2 Å². The number of fused-ring (bicyclic) bond motifs is 1. The van der Waals surface area contributed by atoms with Gasteiger partial charge in [-0.15, -0.1) is 0 Å². The molecule has 1 amide bonds. The Labute approximate surface area is 194 Å². The zero-order chi connectivity index (χ0) is 23.5. The molecule has 0 unspecified atom stereocenters. The van der Waals surface area contributed by atoms with E-state index in [0.29, 0.717) is 18.0 Å². The Hall–Kier alpha value is -2.14. The van der Waals surface area contributed by atoms with Gasteiger partial charge in [-0.2, -0.15) is 0 Å². The van der Waals surface area contributed by atoms with E-state index >= 15 is 0 Å². The van der Waals surface area contributed by atoms with Crippen molar-refractivity contribution in [1.82, 2.24) is 9.88 Å². The van der Waals surface area contributed by atoms with E-state index in [1.807, 2.05) is 19.0 Å². The Morgan fingerprint density at radius 1 is 1.12 bits per heavy atom. The number of halogens is 3. The van der Waals surface area contributed by atoms with Crippen LogP contribution in [0.2, 0.25) is 5.02 Å². The van der Waals surface area contributed by atoms with Crippen LogP contribution in [0.25, 0.3) is 10.2 Å². The predicted octanol–water partition coefficient (Wildman–Crippen LogP) is 4.38. The fourth-order valence-corrected chi connectivity index (χ4v) is 5.45. The van der Waals surface area contributed by atoms with E-state index in [4.69, 9.17) is 11.6 Å². The first-order valence-electron chi connectivity index (χ1n) is 9.76. The van der Waals surface area contributed by atoms with Gasteiger partial charge in [0.2, 0.25) is 5.91 Å². The number of rotatable bonds is 9. The fourth-order valence-electron chi connectivity index (χ4n) is 3.05. The predicted molar refractivity (Wildman–Crippen MR) is 123 cm³/mol. The second kappa shape index (κ2) is 10.2. The molecule has 3 rings (SSSR count). The number of sulfone groups is 1. The minimum absolute atomic E-state index is 0.0226. The summed E-state index contributed by atoms with van der Waals surface area (Å²) in [5, 5.41) is 0.615. The zero-order valence-corrected chi connectivity index (χ0v) is 19.9. The summed E-state index contributed by atoms with van der Waals surface area (Å²) in [6.45, 7) is 0.947. The van der Waals surface area contributed by atoms with Crippen LogP contribution in [0.4, 0.5) is 13.9 Å². The summed E-state index contributed by atoms with van der Waals surface area (Å²) < 4.78 is 53.2. The number of hydrogen-bond donors (Lipinski definition) is 0. The lowest BCUT2D eigenvalue weighted by Gasteiger charge is -2.21. The number of anilines is 1. The lowest BCUT2D eigenvalue weighted by molar-refractivity contribution is -0.118. The van der Waals surface area contributed by atoms with Crippen molar-refractivity contribution in [3.05, 3.63) is 53.1 Å². The average Bonchev–Trinajstić information content (AvgIpc) is 3.13. The number of aromatic nitrogens is 1. The summed E-state index contributed by atoms with van der Waals surface area (Å²) in [4.78, 5) is 20.6. The molecule has 11 heteroatoms. The van der Waals surface area contributed by atoms with Gasteiger partial charge in [0.05, 0.1) is 15.3 Å². The summed E-state index contributed by atoms with van der Waals surface area (Å²) in [5.74, 6) is -2.40. The highest BCUT2D eigenvalue weighted by molar-refractivity contribution is 7.91. The molecular formula is C21H22ClF2N3O3S2. The average molecular weight is 502 g/mol. The molecule has 0 fully saturated rings. The van der Waals surface area contributed by atoms with Crippen molar-refractivity contribution in [2.75, 3.05) is 37.8 Å². The first kappa shape index (κ1) is 24.5. The smallest absolute Gasteiger partial charge is 0.229 e. The Balaban J connectivity index is 1.82. The van der Waals surface area contributed by atoms with Crippen LogP contribution in [0, 0.1) is 11.6 Å². The maximum atomic E-state index is 14.1. The molecule has 6 nitrogen and oxygen atoms in total. The van der Waals surface area contributed by atoms with Gasteiger partial charge in [0, 0.05) is 24.1 Å². The first-order valence-corrected chi connectivity index (χ1v) is 12.6. The maximum Gasteiger partial charge on any atom is 0.229 e. The van der Waals surface area contributed by atoms with E-state index in [9.17, 15) is 22.0 Å². The summed E-state index contributed by atoms with van der Waals surface area (Å²) >= 11 is 6.80. The van der Waals surface area contributed by atoms with Crippen LogP contribution in [-0.4, -0.2) is 57.1 Å². The number of nitrogens with zero attached hydrogens (tertiary/aromatic N) is 3. The third-order valence-corrected chi connectivity index (χ3v) is 7.69. The van der Waals surface area contributed by atoms with Crippen molar-refractivity contribution < 1.29 is 22.0 Å². The van der Waals surface area contributed by atoms with Crippen LogP contribution >= 0.6 is 22.9 Å². The van der Waals surface area contributed by atoms with Crippen LogP contribution in [-0.2, 0) is 14.6 Å². The van der Waals surface area contributed by atoms with Crippen LogP contribution in [0.1, 0.15) is 12.8 Å². The molecule has 0 N–H and O–H groups in total. The quantitative estimate of drug-likeness (QED) is 0.435. The number of carbonyl (C=O) groups excluding carboxylic acids is 1. The molecule has 1 heterocycles. The highest BCUT2D eigenvalue weighted by atomic mass is 35.5. The summed E-state index contributed by atoms with van der Waals surface area (Å²) in [5.41, 5.74) is -0.0226. The van der Waals surface area contributed by atoms with Crippen molar-refractivity contribution in [2.45, 2.75) is 17.7 Å². The molecule has 0 aliphatic carbocycles. The van der Waals surface area contributed by atoms with Gasteiger partial charge in [0.25, 0.3) is 0 Å². The molecule has 32 heavy (non-hydrogen) atoms. The van der Waals surface area contributed by atoms with Gasteiger partial charge in [-0.1, -0.05) is 22.9 Å². The molecule has 0 aliphatic heterocycles. The highest BCUT2D eigenvalue weighted by Crippen LogP contribution is 2.31. The van der Waals surface area contributed by atoms with Gasteiger partial charge >= 0.3 is 0 Å². The molecule has 0 saturated carbocycles. The second-order valence-electron chi connectivity index (χ2n) is 7.46. The van der Waals surface area contributed by atoms with Gasteiger partial charge in [0.1, 0.15) is 11.3 Å². The summed E-state index contributed by atoms with van der Waals surface area (Å²) in [7, 11) is 0.0795. The molecular weight excluding hydrogens is 480 g/mol. The number of carbonyl (C=O) groups is 1. The Bertz CT molecular complexity index is 1220. The summed E-state index contributed by atoms with van der Waals surface area (Å²) in [6.07, 6.45) is 0.315. The SMILES string of the molecule is CN(C)CCCN(C(=O)CCS(=O)(=O)c1ccc(Cl)cc1)c1nc2c(F)cc(F)cc2s1. The van der Waals surface area contributed by atoms with Crippen molar-refractivity contribution in [2.24, 2.45) is 0 Å². The Kier molecular flexibility index (Phi) is 7.81. The normalized spacial score (nSPS) is 11.9. The van der Waals surface area contributed by atoms with E-state index < -0.39 is 33.1 Å². The van der Waals surface area contributed by atoms with Crippen molar-refractivity contribution in [3.63, 3.8) is 0 Å². The number of benzene rings is 2. The van der Waals surface area contributed by atoms with Crippen molar-refractivity contribution >= 4 is 54.0 Å². The van der Waals surface area contributed by atoms with Gasteiger partial charge in [-0.25, -0.2) is 22.2 Å². The molecule has 0 bridgehead atoms. The molecule has 1 aromatic heterocycles. The fraction of sp³-hybridized carbons (Fsp3) is 0.333. The van der Waals surface area contributed by atoms with Gasteiger partial charge < -0.3 is 4.90 Å². The van der Waals surface area contributed by atoms with Crippen molar-refractivity contribution in [3.8, 4) is 0 Å². The van der Waals surface area contributed by atoms with Gasteiger partial charge in [0.15, 0.2) is 20.8 Å². The maximum absolute atomic E-state index is 14.1. The highest BCUT2D eigenvalue weighted by Gasteiger charge is 2.24. The van der Waals surface area contributed by atoms with Crippen LogP contribution in [0.3, 0.4) is 0 Å². The van der Waals surface area contributed by atoms with Gasteiger partial charge in [-0.05, 0) is 57.4 Å². The molecule has 2 aromatic carbocycles. The number of thiazole rings is 1. The molecule has 0 radical (unpaired) electrons. The minimum atomic E-state index is -3.70. The summed E-state index contributed by atoms with van der Waals surface area (Å²) in [6, 6.07) is 7.62. The lowest BCUT2D eigenvalue weighted by Crippen LogP contribution is -2.34.